The minimum absolute atomic E-state index is 0.0581. The van der Waals surface area contributed by atoms with Crippen LogP contribution in [0, 0.1) is 0 Å². The summed E-state index contributed by atoms with van der Waals surface area (Å²) in [6.07, 6.45) is 4.24. The van der Waals surface area contributed by atoms with Gasteiger partial charge in [-0.25, -0.2) is 0 Å². The van der Waals surface area contributed by atoms with Crippen molar-refractivity contribution < 1.29 is 4.79 Å². The van der Waals surface area contributed by atoms with E-state index in [1.807, 2.05) is 61.5 Å². The summed E-state index contributed by atoms with van der Waals surface area (Å²) in [5.41, 5.74) is 2.26. The van der Waals surface area contributed by atoms with E-state index in [1.54, 1.807) is 6.08 Å². The largest absolute Gasteiger partial charge is 0.350 e. The van der Waals surface area contributed by atoms with Gasteiger partial charge in [0.15, 0.2) is 0 Å². The molecule has 0 fully saturated rings. The van der Waals surface area contributed by atoms with E-state index in [2.05, 4.69) is 17.4 Å². The van der Waals surface area contributed by atoms with Crippen molar-refractivity contribution in [3.8, 4) is 0 Å². The van der Waals surface area contributed by atoms with Crippen molar-refractivity contribution >= 4 is 12.0 Å². The van der Waals surface area contributed by atoms with Gasteiger partial charge in [0, 0.05) is 12.1 Å². The Morgan fingerprint density at radius 3 is 2.30 bits per heavy atom. The van der Waals surface area contributed by atoms with Crippen LogP contribution in [0.4, 0.5) is 0 Å². The zero-order valence-electron chi connectivity index (χ0n) is 11.6. The zero-order valence-corrected chi connectivity index (χ0v) is 11.6. The molecule has 2 aromatic rings. The van der Waals surface area contributed by atoms with Gasteiger partial charge in [0.2, 0.25) is 5.91 Å². The van der Waals surface area contributed by atoms with E-state index >= 15 is 0 Å². The summed E-state index contributed by atoms with van der Waals surface area (Å²) in [7, 11) is 0. The fraction of sp³-hybridized carbons (Fsp3) is 0.167. The number of carbonyl (C=O) groups excluding carboxylic acids is 1. The van der Waals surface area contributed by atoms with E-state index in [0.717, 1.165) is 12.0 Å². The molecule has 0 aliphatic carbocycles. The molecule has 1 atom stereocenters. The van der Waals surface area contributed by atoms with Crippen molar-refractivity contribution in [1.29, 1.82) is 0 Å². The third kappa shape index (κ3) is 4.73. The number of amides is 1. The number of hydrogen-bond acceptors (Lipinski definition) is 1. The first-order chi connectivity index (χ1) is 9.74. The molecule has 0 heterocycles. The predicted octanol–water partition coefficient (Wildman–Crippen LogP) is 3.45. The molecule has 0 aliphatic rings. The first kappa shape index (κ1) is 14.1. The van der Waals surface area contributed by atoms with Gasteiger partial charge in [0.1, 0.15) is 0 Å². The minimum Gasteiger partial charge on any atom is -0.350 e. The van der Waals surface area contributed by atoms with Crippen LogP contribution < -0.4 is 5.32 Å². The van der Waals surface area contributed by atoms with Crippen LogP contribution in [0.25, 0.3) is 6.08 Å². The maximum absolute atomic E-state index is 11.8. The molecule has 2 rings (SSSR count). The number of benzene rings is 2. The smallest absolute Gasteiger partial charge is 0.244 e. The van der Waals surface area contributed by atoms with Crippen LogP contribution in [0.5, 0.6) is 0 Å². The lowest BCUT2D eigenvalue weighted by molar-refractivity contribution is -0.117. The third-order valence-electron chi connectivity index (χ3n) is 3.00. The van der Waals surface area contributed by atoms with Gasteiger partial charge in [-0.15, -0.1) is 0 Å². The van der Waals surface area contributed by atoms with Crippen molar-refractivity contribution in [2.45, 2.75) is 19.4 Å². The van der Waals surface area contributed by atoms with Gasteiger partial charge in [0.25, 0.3) is 0 Å². The average molecular weight is 265 g/mol. The van der Waals surface area contributed by atoms with Gasteiger partial charge < -0.3 is 5.32 Å². The quantitative estimate of drug-likeness (QED) is 0.824. The Kier molecular flexibility index (Phi) is 5.13. The van der Waals surface area contributed by atoms with E-state index < -0.39 is 0 Å². The van der Waals surface area contributed by atoms with E-state index in [-0.39, 0.29) is 11.9 Å². The van der Waals surface area contributed by atoms with Gasteiger partial charge in [-0.3, -0.25) is 4.79 Å². The first-order valence-electron chi connectivity index (χ1n) is 6.81. The summed E-state index contributed by atoms with van der Waals surface area (Å²) >= 11 is 0. The first-order valence-corrected chi connectivity index (χ1v) is 6.81. The summed E-state index contributed by atoms with van der Waals surface area (Å²) in [6.45, 7) is 2.02. The third-order valence-corrected chi connectivity index (χ3v) is 3.00. The molecule has 0 aromatic heterocycles. The van der Waals surface area contributed by atoms with Crippen molar-refractivity contribution in [3.05, 3.63) is 77.9 Å². The molecule has 0 unspecified atom stereocenters. The molecule has 1 N–H and O–H groups in total. The zero-order chi connectivity index (χ0) is 14.2. The Balaban J connectivity index is 1.84. The highest BCUT2D eigenvalue weighted by molar-refractivity contribution is 5.91. The van der Waals surface area contributed by atoms with Gasteiger partial charge in [0.05, 0.1) is 0 Å². The molecule has 1 amide bonds. The van der Waals surface area contributed by atoms with Gasteiger partial charge >= 0.3 is 0 Å². The second-order valence-electron chi connectivity index (χ2n) is 4.84. The molecule has 102 valence electrons. The van der Waals surface area contributed by atoms with Crippen LogP contribution in [0.3, 0.4) is 0 Å². The monoisotopic (exact) mass is 265 g/mol. The Morgan fingerprint density at radius 1 is 1.05 bits per heavy atom. The van der Waals surface area contributed by atoms with Crippen LogP contribution in [-0.4, -0.2) is 11.9 Å². The molecule has 2 aromatic carbocycles. The van der Waals surface area contributed by atoms with E-state index in [1.165, 1.54) is 5.56 Å². The van der Waals surface area contributed by atoms with E-state index in [9.17, 15) is 4.79 Å². The fourth-order valence-corrected chi connectivity index (χ4v) is 2.05. The molecular formula is C18H19NO. The van der Waals surface area contributed by atoms with Crippen LogP contribution in [0.1, 0.15) is 18.1 Å². The topological polar surface area (TPSA) is 29.1 Å². The lowest BCUT2D eigenvalue weighted by atomic mass is 10.1. The molecule has 0 spiro atoms. The fourth-order valence-electron chi connectivity index (χ4n) is 2.05. The lowest BCUT2D eigenvalue weighted by Gasteiger charge is -2.12. The van der Waals surface area contributed by atoms with Crippen LogP contribution >= 0.6 is 0 Å². The molecule has 0 saturated heterocycles. The number of hydrogen-bond donors (Lipinski definition) is 1. The summed E-state index contributed by atoms with van der Waals surface area (Å²) in [5.74, 6) is -0.0581. The van der Waals surface area contributed by atoms with Crippen LogP contribution in [0.15, 0.2) is 66.7 Å². The molecule has 20 heavy (non-hydrogen) atoms. The van der Waals surface area contributed by atoms with Gasteiger partial charge in [-0.1, -0.05) is 60.7 Å². The van der Waals surface area contributed by atoms with Crippen molar-refractivity contribution in [2.24, 2.45) is 0 Å². The van der Waals surface area contributed by atoms with Crippen LogP contribution in [0.2, 0.25) is 0 Å². The minimum atomic E-state index is -0.0581. The highest BCUT2D eigenvalue weighted by Crippen LogP contribution is 2.03. The van der Waals surface area contributed by atoms with Gasteiger partial charge in [-0.05, 0) is 30.5 Å². The number of rotatable bonds is 5. The van der Waals surface area contributed by atoms with Crippen molar-refractivity contribution in [2.75, 3.05) is 0 Å². The summed E-state index contributed by atoms with van der Waals surface area (Å²) in [6, 6.07) is 20.1. The second kappa shape index (κ2) is 7.29. The molecule has 0 saturated carbocycles. The van der Waals surface area contributed by atoms with Crippen molar-refractivity contribution in [3.63, 3.8) is 0 Å². The Bertz CT molecular complexity index is 560. The Morgan fingerprint density at radius 2 is 1.65 bits per heavy atom. The predicted molar refractivity (Wildman–Crippen MR) is 83.2 cm³/mol. The van der Waals surface area contributed by atoms with Gasteiger partial charge in [-0.2, -0.15) is 0 Å². The number of nitrogens with one attached hydrogen (secondary N) is 1. The molecule has 0 bridgehead atoms. The molecule has 0 radical (unpaired) electrons. The van der Waals surface area contributed by atoms with Crippen molar-refractivity contribution in [1.82, 2.24) is 5.32 Å². The maximum Gasteiger partial charge on any atom is 0.244 e. The normalized spacial score (nSPS) is 12.2. The second-order valence-corrected chi connectivity index (χ2v) is 4.84. The maximum atomic E-state index is 11.8. The SMILES string of the molecule is C[C@@H](Cc1ccccc1)NC(=O)C=Cc1ccccc1. The molecular weight excluding hydrogens is 246 g/mol. The molecule has 0 aliphatic heterocycles. The van der Waals surface area contributed by atoms with E-state index in [4.69, 9.17) is 0 Å². The standard InChI is InChI=1S/C18H19NO/c1-15(14-17-10-6-3-7-11-17)19-18(20)13-12-16-8-4-2-5-9-16/h2-13,15H,14H2,1H3,(H,19,20)/t15-/m0/s1. The van der Waals surface area contributed by atoms with E-state index in [0.29, 0.717) is 0 Å². The highest BCUT2D eigenvalue weighted by atomic mass is 16.1. The Labute approximate surface area is 120 Å². The van der Waals surface area contributed by atoms with Crippen LogP contribution in [-0.2, 0) is 11.2 Å². The Hall–Kier alpha value is -2.35. The molecule has 2 nitrogen and oxygen atoms in total. The number of carbonyl (C=O) groups is 1. The molecule has 2 heteroatoms. The highest BCUT2D eigenvalue weighted by Gasteiger charge is 2.05. The summed E-state index contributed by atoms with van der Waals surface area (Å²) in [4.78, 5) is 11.8. The average Bonchev–Trinajstić information content (AvgIpc) is 2.47. The summed E-state index contributed by atoms with van der Waals surface area (Å²) in [5, 5.41) is 2.97. The summed E-state index contributed by atoms with van der Waals surface area (Å²) < 4.78 is 0. The lowest BCUT2D eigenvalue weighted by Crippen LogP contribution is -2.32.